The third kappa shape index (κ3) is 2.62. The number of aromatic amines is 1. The first kappa shape index (κ1) is 12.4. The van der Waals surface area contributed by atoms with Crippen molar-refractivity contribution < 1.29 is 9.00 Å². The van der Waals surface area contributed by atoms with Crippen molar-refractivity contribution in [3.8, 4) is 0 Å². The van der Waals surface area contributed by atoms with Gasteiger partial charge < -0.3 is 0 Å². The molecule has 1 heterocycles. The Hall–Kier alpha value is -2.01. The highest BCUT2D eigenvalue weighted by Gasteiger charge is 2.12. The molecule has 92 valence electrons. The number of carbonyl (C=O) groups is 1. The Morgan fingerprint density at radius 3 is 2.94 bits per heavy atom. The summed E-state index contributed by atoms with van der Waals surface area (Å²) in [6, 6.07) is 8.40. The Kier molecular flexibility index (Phi) is 3.84. The summed E-state index contributed by atoms with van der Waals surface area (Å²) in [6.45, 7) is 3.55. The molecule has 5 heteroatoms. The van der Waals surface area contributed by atoms with E-state index in [0.717, 1.165) is 0 Å². The third-order valence-corrected chi connectivity index (χ3v) is 3.69. The summed E-state index contributed by atoms with van der Waals surface area (Å²) in [4.78, 5) is 12.7. The SMILES string of the molecule is C=CCS(=O)c1cccc(C(=O)c2ccn[nH]2)c1. The van der Waals surface area contributed by atoms with E-state index < -0.39 is 10.8 Å². The van der Waals surface area contributed by atoms with Crippen molar-refractivity contribution in [2.45, 2.75) is 4.90 Å². The van der Waals surface area contributed by atoms with Crippen LogP contribution >= 0.6 is 0 Å². The predicted octanol–water partition coefficient (Wildman–Crippen LogP) is 1.93. The van der Waals surface area contributed by atoms with Gasteiger partial charge in [-0.3, -0.25) is 14.1 Å². The van der Waals surface area contributed by atoms with E-state index in [9.17, 15) is 9.00 Å². The van der Waals surface area contributed by atoms with Gasteiger partial charge in [-0.05, 0) is 18.2 Å². The molecule has 1 N–H and O–H groups in total. The van der Waals surface area contributed by atoms with Crippen molar-refractivity contribution in [3.05, 3.63) is 60.4 Å². The Labute approximate surface area is 107 Å². The summed E-state index contributed by atoms with van der Waals surface area (Å²) < 4.78 is 11.8. The van der Waals surface area contributed by atoms with Crippen LogP contribution in [0.15, 0.2) is 54.1 Å². The Bertz CT molecular complexity index is 591. The first-order chi connectivity index (χ1) is 8.72. The molecule has 4 nitrogen and oxygen atoms in total. The van der Waals surface area contributed by atoms with Crippen LogP contribution in [0.3, 0.4) is 0 Å². The number of ketones is 1. The molecule has 0 fully saturated rings. The summed E-state index contributed by atoms with van der Waals surface area (Å²) in [5.74, 6) is 0.215. The molecule has 0 saturated heterocycles. The van der Waals surface area contributed by atoms with E-state index >= 15 is 0 Å². The molecule has 0 amide bonds. The summed E-state index contributed by atoms with van der Waals surface area (Å²) in [7, 11) is -1.15. The van der Waals surface area contributed by atoms with Crippen LogP contribution in [0.1, 0.15) is 16.1 Å². The van der Waals surface area contributed by atoms with Crippen molar-refractivity contribution in [1.29, 1.82) is 0 Å². The topological polar surface area (TPSA) is 62.8 Å². The molecule has 0 aliphatic heterocycles. The largest absolute Gasteiger partial charge is 0.287 e. The first-order valence-corrected chi connectivity index (χ1v) is 6.67. The van der Waals surface area contributed by atoms with E-state index in [2.05, 4.69) is 16.8 Å². The van der Waals surface area contributed by atoms with Gasteiger partial charge in [0, 0.05) is 22.4 Å². The quantitative estimate of drug-likeness (QED) is 0.660. The molecule has 1 aromatic heterocycles. The molecule has 0 saturated carbocycles. The molecule has 1 atom stereocenters. The van der Waals surface area contributed by atoms with Crippen LogP contribution in [-0.4, -0.2) is 25.9 Å². The smallest absolute Gasteiger partial charge is 0.210 e. The van der Waals surface area contributed by atoms with Crippen LogP contribution in [0, 0.1) is 0 Å². The molecule has 2 aromatic rings. The van der Waals surface area contributed by atoms with Gasteiger partial charge in [-0.1, -0.05) is 18.2 Å². The fourth-order valence-electron chi connectivity index (χ4n) is 1.52. The number of H-pyrrole nitrogens is 1. The number of nitrogens with one attached hydrogen (secondary N) is 1. The zero-order chi connectivity index (χ0) is 13.0. The van der Waals surface area contributed by atoms with Crippen LogP contribution in [0.5, 0.6) is 0 Å². The number of hydrogen-bond donors (Lipinski definition) is 1. The lowest BCUT2D eigenvalue weighted by Crippen LogP contribution is -2.03. The highest BCUT2D eigenvalue weighted by Crippen LogP contribution is 2.13. The molecular formula is C13H12N2O2S. The van der Waals surface area contributed by atoms with E-state index in [0.29, 0.717) is 21.9 Å². The second-order valence-corrected chi connectivity index (χ2v) is 5.12. The molecule has 18 heavy (non-hydrogen) atoms. The molecule has 1 unspecified atom stereocenters. The van der Waals surface area contributed by atoms with Gasteiger partial charge in [0.15, 0.2) is 0 Å². The van der Waals surface area contributed by atoms with E-state index in [1.165, 1.54) is 6.20 Å². The van der Waals surface area contributed by atoms with Gasteiger partial charge in [0.05, 0.1) is 10.8 Å². The van der Waals surface area contributed by atoms with Crippen molar-refractivity contribution in [2.24, 2.45) is 0 Å². The Balaban J connectivity index is 2.30. The van der Waals surface area contributed by atoms with Crippen LogP contribution in [0.4, 0.5) is 0 Å². The second-order valence-electron chi connectivity index (χ2n) is 3.63. The number of hydrogen-bond acceptors (Lipinski definition) is 3. The average molecular weight is 260 g/mol. The van der Waals surface area contributed by atoms with Gasteiger partial charge in [0.2, 0.25) is 5.78 Å². The van der Waals surface area contributed by atoms with E-state index in [1.807, 2.05) is 0 Å². The maximum atomic E-state index is 12.0. The summed E-state index contributed by atoms with van der Waals surface area (Å²) in [5.41, 5.74) is 0.913. The minimum Gasteiger partial charge on any atom is -0.287 e. The highest BCUT2D eigenvalue weighted by molar-refractivity contribution is 7.85. The molecule has 0 radical (unpaired) electrons. The lowest BCUT2D eigenvalue weighted by atomic mass is 10.1. The van der Waals surface area contributed by atoms with E-state index in [4.69, 9.17) is 0 Å². The number of nitrogens with zero attached hydrogens (tertiary/aromatic N) is 1. The number of rotatable bonds is 5. The molecule has 0 aliphatic rings. The molecule has 0 aliphatic carbocycles. The second kappa shape index (κ2) is 5.55. The first-order valence-electron chi connectivity index (χ1n) is 5.36. The predicted molar refractivity (Wildman–Crippen MR) is 69.9 cm³/mol. The fraction of sp³-hybridized carbons (Fsp3) is 0.0769. The van der Waals surface area contributed by atoms with Gasteiger partial charge in [-0.25, -0.2) is 0 Å². The van der Waals surface area contributed by atoms with Crippen molar-refractivity contribution >= 4 is 16.6 Å². The lowest BCUT2D eigenvalue weighted by molar-refractivity contribution is 0.103. The molecule has 2 rings (SSSR count). The summed E-state index contributed by atoms with van der Waals surface area (Å²) in [6.07, 6.45) is 3.12. The van der Waals surface area contributed by atoms with Crippen LogP contribution in [-0.2, 0) is 10.8 Å². The number of benzene rings is 1. The van der Waals surface area contributed by atoms with Crippen LogP contribution in [0.2, 0.25) is 0 Å². The normalized spacial score (nSPS) is 12.0. The monoisotopic (exact) mass is 260 g/mol. The van der Waals surface area contributed by atoms with Gasteiger partial charge in [-0.15, -0.1) is 6.58 Å². The van der Waals surface area contributed by atoms with Crippen LogP contribution in [0.25, 0.3) is 0 Å². The Morgan fingerprint density at radius 1 is 1.44 bits per heavy atom. The molecule has 1 aromatic carbocycles. The highest BCUT2D eigenvalue weighted by atomic mass is 32.2. The average Bonchev–Trinajstić information content (AvgIpc) is 2.92. The van der Waals surface area contributed by atoms with Crippen molar-refractivity contribution in [3.63, 3.8) is 0 Å². The van der Waals surface area contributed by atoms with E-state index in [-0.39, 0.29) is 5.78 Å². The number of aromatic nitrogens is 2. The third-order valence-electron chi connectivity index (χ3n) is 2.37. The van der Waals surface area contributed by atoms with E-state index in [1.54, 1.807) is 36.4 Å². The standard InChI is InChI=1S/C13H12N2O2S/c1-2-8-18(17)11-5-3-4-10(9-11)13(16)12-6-7-14-15-12/h2-7,9H,1,8H2,(H,14,15). The maximum Gasteiger partial charge on any atom is 0.210 e. The minimum absolute atomic E-state index is 0.162. The van der Waals surface area contributed by atoms with Crippen molar-refractivity contribution in [1.82, 2.24) is 10.2 Å². The van der Waals surface area contributed by atoms with Gasteiger partial charge in [0.25, 0.3) is 0 Å². The number of carbonyl (C=O) groups excluding carboxylic acids is 1. The van der Waals surface area contributed by atoms with Crippen LogP contribution < -0.4 is 0 Å². The lowest BCUT2D eigenvalue weighted by Gasteiger charge is -2.02. The van der Waals surface area contributed by atoms with Gasteiger partial charge in [-0.2, -0.15) is 5.10 Å². The van der Waals surface area contributed by atoms with Gasteiger partial charge >= 0.3 is 0 Å². The zero-order valence-corrected chi connectivity index (χ0v) is 10.4. The maximum absolute atomic E-state index is 12.0. The zero-order valence-electron chi connectivity index (χ0n) is 9.63. The fourth-order valence-corrected chi connectivity index (χ4v) is 2.42. The molecule has 0 spiro atoms. The summed E-state index contributed by atoms with van der Waals surface area (Å²) in [5, 5.41) is 6.35. The molecule has 0 bridgehead atoms. The van der Waals surface area contributed by atoms with Gasteiger partial charge in [0.1, 0.15) is 5.69 Å². The van der Waals surface area contributed by atoms with Crippen molar-refractivity contribution in [2.75, 3.05) is 5.75 Å². The minimum atomic E-state index is -1.15. The molecular weight excluding hydrogens is 248 g/mol. The Morgan fingerprint density at radius 2 is 2.28 bits per heavy atom. The summed E-state index contributed by atoms with van der Waals surface area (Å²) >= 11 is 0.